The van der Waals surface area contributed by atoms with Crippen LogP contribution < -0.4 is 10.1 Å². The van der Waals surface area contributed by atoms with Crippen LogP contribution >= 0.6 is 22.9 Å². The lowest BCUT2D eigenvalue weighted by atomic mass is 10.2. The van der Waals surface area contributed by atoms with Crippen molar-refractivity contribution in [3.63, 3.8) is 0 Å². The zero-order valence-corrected chi connectivity index (χ0v) is 18.4. The summed E-state index contributed by atoms with van der Waals surface area (Å²) in [6.07, 6.45) is 0. The fourth-order valence-corrected chi connectivity index (χ4v) is 5.73. The molecule has 0 saturated heterocycles. The number of thiophene rings is 1. The number of carbonyl (C=O) groups is 1. The average Bonchev–Trinajstić information content (AvgIpc) is 3.24. The molecule has 1 atom stereocenters. The Kier molecular flexibility index (Phi) is 7.12. The molecule has 0 fully saturated rings. The minimum absolute atomic E-state index is 0.00598. The largest absolute Gasteiger partial charge is 0.484 e. The van der Waals surface area contributed by atoms with Gasteiger partial charge in [-0.25, -0.2) is 12.8 Å². The van der Waals surface area contributed by atoms with Gasteiger partial charge in [-0.3, -0.25) is 4.79 Å². The molecule has 3 rings (SSSR count). The molecule has 0 radical (unpaired) electrons. The van der Waals surface area contributed by atoms with Crippen molar-refractivity contribution in [2.75, 3.05) is 13.2 Å². The molecule has 9 heteroatoms. The van der Waals surface area contributed by atoms with Crippen LogP contribution in [-0.2, 0) is 14.6 Å². The molecule has 0 saturated carbocycles. The Morgan fingerprint density at radius 1 is 1.20 bits per heavy atom. The minimum Gasteiger partial charge on any atom is -0.484 e. The van der Waals surface area contributed by atoms with Crippen molar-refractivity contribution in [2.24, 2.45) is 0 Å². The van der Waals surface area contributed by atoms with E-state index in [0.717, 1.165) is 6.07 Å². The summed E-state index contributed by atoms with van der Waals surface area (Å²) < 4.78 is 45.4. The van der Waals surface area contributed by atoms with Crippen LogP contribution in [0.3, 0.4) is 0 Å². The topological polar surface area (TPSA) is 72.5 Å². The van der Waals surface area contributed by atoms with Gasteiger partial charge < -0.3 is 10.1 Å². The Morgan fingerprint density at radius 2 is 1.93 bits per heavy atom. The quantitative estimate of drug-likeness (QED) is 0.493. The highest BCUT2D eigenvalue weighted by molar-refractivity contribution is 7.91. The van der Waals surface area contributed by atoms with Crippen molar-refractivity contribution in [3.8, 4) is 5.75 Å². The number of halogens is 2. The predicted octanol–water partition coefficient (Wildman–Crippen LogP) is 4.56. The highest BCUT2D eigenvalue weighted by Crippen LogP contribution is 2.32. The summed E-state index contributed by atoms with van der Waals surface area (Å²) in [5.74, 6) is -0.468. The van der Waals surface area contributed by atoms with E-state index in [1.54, 1.807) is 41.8 Å². The summed E-state index contributed by atoms with van der Waals surface area (Å²) in [6, 6.07) is 13.6. The van der Waals surface area contributed by atoms with Gasteiger partial charge in [0.15, 0.2) is 16.4 Å². The number of hydrogen-bond acceptors (Lipinski definition) is 5. The first-order chi connectivity index (χ1) is 14.3. The highest BCUT2D eigenvalue weighted by Gasteiger charge is 2.31. The first-order valence-corrected chi connectivity index (χ1v) is 11.8. The SMILES string of the molecule is Cc1cc(S(=O)(=O)[C@@H](CNC(=O)COc2ccc(Cl)cc2)c2cccs2)ccc1F. The van der Waals surface area contributed by atoms with E-state index in [-0.39, 0.29) is 23.6 Å². The summed E-state index contributed by atoms with van der Waals surface area (Å²) in [5.41, 5.74) is 0.237. The van der Waals surface area contributed by atoms with Crippen molar-refractivity contribution in [2.45, 2.75) is 17.1 Å². The van der Waals surface area contributed by atoms with Gasteiger partial charge in [0.2, 0.25) is 0 Å². The van der Waals surface area contributed by atoms with Crippen LogP contribution in [0.1, 0.15) is 15.7 Å². The van der Waals surface area contributed by atoms with Crippen LogP contribution in [0.4, 0.5) is 4.39 Å². The molecule has 158 valence electrons. The van der Waals surface area contributed by atoms with Gasteiger partial charge in [-0.15, -0.1) is 11.3 Å². The van der Waals surface area contributed by atoms with Crippen LogP contribution in [0, 0.1) is 12.7 Å². The van der Waals surface area contributed by atoms with Crippen LogP contribution in [0.5, 0.6) is 5.75 Å². The average molecular weight is 468 g/mol. The third-order valence-corrected chi connectivity index (χ3v) is 7.83. The lowest BCUT2D eigenvalue weighted by molar-refractivity contribution is -0.123. The fourth-order valence-electron chi connectivity index (χ4n) is 2.73. The molecule has 0 unspecified atom stereocenters. The molecule has 1 heterocycles. The zero-order chi connectivity index (χ0) is 21.7. The summed E-state index contributed by atoms with van der Waals surface area (Å²) in [5, 5.41) is 3.93. The van der Waals surface area contributed by atoms with Crippen LogP contribution in [0.2, 0.25) is 5.02 Å². The number of ether oxygens (including phenoxy) is 1. The molecule has 0 aliphatic carbocycles. The Morgan fingerprint density at radius 3 is 2.57 bits per heavy atom. The molecular weight excluding hydrogens is 449 g/mol. The highest BCUT2D eigenvalue weighted by atomic mass is 35.5. The van der Waals surface area contributed by atoms with Crippen molar-refractivity contribution >= 4 is 38.7 Å². The molecule has 1 amide bonds. The molecule has 0 aliphatic heterocycles. The van der Waals surface area contributed by atoms with E-state index in [4.69, 9.17) is 16.3 Å². The van der Waals surface area contributed by atoms with Crippen LogP contribution in [0.15, 0.2) is 64.9 Å². The second-order valence-corrected chi connectivity index (χ2v) is 10.1. The zero-order valence-electron chi connectivity index (χ0n) is 16.0. The third-order valence-electron chi connectivity index (χ3n) is 4.36. The Hall–Kier alpha value is -2.42. The number of rotatable bonds is 8. The monoisotopic (exact) mass is 467 g/mol. The van der Waals surface area contributed by atoms with Crippen LogP contribution in [0.25, 0.3) is 0 Å². The Labute approximate surface area is 183 Å². The smallest absolute Gasteiger partial charge is 0.257 e. The second kappa shape index (κ2) is 9.59. The summed E-state index contributed by atoms with van der Waals surface area (Å²) >= 11 is 7.08. The first-order valence-electron chi connectivity index (χ1n) is 8.96. The molecule has 1 N–H and O–H groups in total. The maximum Gasteiger partial charge on any atom is 0.257 e. The van der Waals surface area contributed by atoms with Gasteiger partial charge in [-0.1, -0.05) is 17.7 Å². The van der Waals surface area contributed by atoms with Gasteiger partial charge in [0, 0.05) is 16.4 Å². The van der Waals surface area contributed by atoms with Crippen LogP contribution in [-0.4, -0.2) is 27.5 Å². The Bertz CT molecular complexity index is 1120. The maximum absolute atomic E-state index is 13.6. The molecule has 1 aromatic heterocycles. The van der Waals surface area contributed by atoms with Gasteiger partial charge in [0.1, 0.15) is 16.8 Å². The van der Waals surface area contributed by atoms with Gasteiger partial charge in [0.25, 0.3) is 5.91 Å². The molecule has 3 aromatic rings. The minimum atomic E-state index is -3.86. The summed E-state index contributed by atoms with van der Waals surface area (Å²) in [4.78, 5) is 12.8. The molecule has 0 bridgehead atoms. The number of amides is 1. The summed E-state index contributed by atoms with van der Waals surface area (Å²) in [6.45, 7) is 1.10. The van der Waals surface area contributed by atoms with Gasteiger partial charge in [0.05, 0.1) is 4.90 Å². The molecule has 0 spiro atoms. The third kappa shape index (κ3) is 5.38. The van der Waals surface area contributed by atoms with E-state index >= 15 is 0 Å². The van der Waals surface area contributed by atoms with E-state index in [9.17, 15) is 17.6 Å². The van der Waals surface area contributed by atoms with E-state index in [1.165, 1.54) is 30.4 Å². The number of sulfone groups is 1. The standard InChI is InChI=1S/C21H19ClFNO4S2/c1-14-11-17(8-9-18(14)23)30(26,27)20(19-3-2-10-29-19)12-24-21(25)13-28-16-6-4-15(22)5-7-16/h2-11,20H,12-13H2,1H3,(H,24,25)/t20-/m0/s1. The molecule has 0 aliphatic rings. The predicted molar refractivity (Wildman–Crippen MR) is 115 cm³/mol. The lowest BCUT2D eigenvalue weighted by Gasteiger charge is -2.18. The molecular formula is C21H19ClFNO4S2. The van der Waals surface area contributed by atoms with Crippen molar-refractivity contribution < 1.29 is 22.3 Å². The lowest BCUT2D eigenvalue weighted by Crippen LogP contribution is -2.34. The van der Waals surface area contributed by atoms with E-state index in [1.807, 2.05) is 0 Å². The van der Waals surface area contributed by atoms with Crippen molar-refractivity contribution in [1.29, 1.82) is 0 Å². The van der Waals surface area contributed by atoms with E-state index in [0.29, 0.717) is 15.6 Å². The Balaban J connectivity index is 1.72. The van der Waals surface area contributed by atoms with E-state index < -0.39 is 26.8 Å². The van der Waals surface area contributed by atoms with Gasteiger partial charge in [-0.2, -0.15) is 0 Å². The van der Waals surface area contributed by atoms with E-state index in [2.05, 4.69) is 5.32 Å². The normalized spacial score (nSPS) is 12.4. The maximum atomic E-state index is 13.6. The molecule has 5 nitrogen and oxygen atoms in total. The number of aryl methyl sites for hydroxylation is 1. The molecule has 30 heavy (non-hydrogen) atoms. The van der Waals surface area contributed by atoms with Crippen molar-refractivity contribution in [1.82, 2.24) is 5.32 Å². The first kappa shape index (κ1) is 22.3. The van der Waals surface area contributed by atoms with Gasteiger partial charge in [-0.05, 0) is 66.4 Å². The van der Waals surface area contributed by atoms with Gasteiger partial charge >= 0.3 is 0 Å². The fraction of sp³-hybridized carbons (Fsp3) is 0.190. The van der Waals surface area contributed by atoms with Crippen molar-refractivity contribution in [3.05, 3.63) is 81.3 Å². The second-order valence-electron chi connectivity index (χ2n) is 6.51. The molecule has 2 aromatic carbocycles. The number of nitrogens with one attached hydrogen (secondary N) is 1. The number of carbonyl (C=O) groups excluding carboxylic acids is 1. The number of hydrogen-bond donors (Lipinski definition) is 1. The number of benzene rings is 2. The summed E-state index contributed by atoms with van der Waals surface area (Å²) in [7, 11) is -3.86.